The van der Waals surface area contributed by atoms with E-state index in [4.69, 9.17) is 10.00 Å². The molecule has 0 atom stereocenters. The smallest absolute Gasteiger partial charge is 0.223 e. The summed E-state index contributed by atoms with van der Waals surface area (Å²) in [5.41, 5.74) is 1.32. The van der Waals surface area contributed by atoms with E-state index in [1.54, 1.807) is 0 Å². The zero-order valence-corrected chi connectivity index (χ0v) is 11.3. The number of ether oxygens (including phenoxy) is 1. The Morgan fingerprint density at radius 1 is 1.15 bits per heavy atom. The first-order valence-corrected chi connectivity index (χ1v) is 6.32. The SMILES string of the molecule is CC.N#Cc1cc(Oc2ccc3[nH]ccc3c2)ncn1. The number of fused-ring (bicyclic) bond motifs is 1. The van der Waals surface area contributed by atoms with E-state index in [9.17, 15) is 0 Å². The number of hydrogen-bond acceptors (Lipinski definition) is 4. The van der Waals surface area contributed by atoms with Crippen LogP contribution in [0, 0.1) is 11.3 Å². The highest BCUT2D eigenvalue weighted by Gasteiger charge is 2.02. The molecular formula is C15H14N4O. The summed E-state index contributed by atoms with van der Waals surface area (Å²) in [6.07, 6.45) is 3.18. The predicted octanol–water partition coefficient (Wildman–Crippen LogP) is 3.65. The molecule has 5 nitrogen and oxygen atoms in total. The maximum Gasteiger partial charge on any atom is 0.223 e. The topological polar surface area (TPSA) is 74.6 Å². The van der Waals surface area contributed by atoms with E-state index < -0.39 is 0 Å². The van der Waals surface area contributed by atoms with Gasteiger partial charge in [0.15, 0.2) is 0 Å². The fourth-order valence-electron chi connectivity index (χ4n) is 1.67. The molecule has 0 saturated heterocycles. The maximum atomic E-state index is 8.74. The van der Waals surface area contributed by atoms with Crippen molar-refractivity contribution in [1.29, 1.82) is 5.26 Å². The number of nitrogens with zero attached hydrogens (tertiary/aromatic N) is 3. The Kier molecular flexibility index (Phi) is 4.30. The summed E-state index contributed by atoms with van der Waals surface area (Å²) in [4.78, 5) is 10.8. The molecule has 0 aliphatic rings. The van der Waals surface area contributed by atoms with Crippen LogP contribution < -0.4 is 4.74 Å². The lowest BCUT2D eigenvalue weighted by molar-refractivity contribution is 0.462. The minimum Gasteiger partial charge on any atom is -0.439 e. The Labute approximate surface area is 116 Å². The number of nitrogens with one attached hydrogen (secondary N) is 1. The van der Waals surface area contributed by atoms with Crippen LogP contribution in [0.15, 0.2) is 42.9 Å². The van der Waals surface area contributed by atoms with E-state index in [-0.39, 0.29) is 5.69 Å². The molecule has 0 aliphatic carbocycles. The van der Waals surface area contributed by atoms with Crippen molar-refractivity contribution in [2.45, 2.75) is 13.8 Å². The lowest BCUT2D eigenvalue weighted by atomic mass is 10.2. The van der Waals surface area contributed by atoms with Crippen LogP contribution in [0.2, 0.25) is 0 Å². The van der Waals surface area contributed by atoms with Crippen LogP contribution in [0.5, 0.6) is 11.6 Å². The number of benzene rings is 1. The van der Waals surface area contributed by atoms with Crippen LogP contribution in [0.1, 0.15) is 19.5 Å². The molecule has 0 fully saturated rings. The Balaban J connectivity index is 0.000000704. The molecule has 1 N–H and O–H groups in total. The molecule has 2 heterocycles. The van der Waals surface area contributed by atoms with Crippen LogP contribution in [0.3, 0.4) is 0 Å². The van der Waals surface area contributed by atoms with Gasteiger partial charge in [-0.3, -0.25) is 0 Å². The lowest BCUT2D eigenvalue weighted by Crippen LogP contribution is -1.90. The van der Waals surface area contributed by atoms with Crippen molar-refractivity contribution in [3.05, 3.63) is 48.5 Å². The zero-order chi connectivity index (χ0) is 14.4. The van der Waals surface area contributed by atoms with Crippen LogP contribution in [0.4, 0.5) is 0 Å². The molecule has 20 heavy (non-hydrogen) atoms. The van der Waals surface area contributed by atoms with E-state index in [1.807, 2.05) is 50.4 Å². The van der Waals surface area contributed by atoms with Gasteiger partial charge in [-0.2, -0.15) is 5.26 Å². The molecule has 1 aromatic carbocycles. The largest absolute Gasteiger partial charge is 0.439 e. The van der Waals surface area contributed by atoms with Crippen molar-refractivity contribution < 1.29 is 4.74 Å². The second kappa shape index (κ2) is 6.34. The van der Waals surface area contributed by atoms with E-state index in [2.05, 4.69) is 15.0 Å². The Morgan fingerprint density at radius 3 is 2.80 bits per heavy atom. The molecule has 0 amide bonds. The maximum absolute atomic E-state index is 8.74. The molecular weight excluding hydrogens is 252 g/mol. The first-order chi connectivity index (χ1) is 9.85. The van der Waals surface area contributed by atoms with Gasteiger partial charge in [0.25, 0.3) is 0 Å². The first kappa shape index (κ1) is 13.6. The highest BCUT2D eigenvalue weighted by Crippen LogP contribution is 2.23. The summed E-state index contributed by atoms with van der Waals surface area (Å²) < 4.78 is 5.58. The normalized spacial score (nSPS) is 9.45. The number of hydrogen-bond donors (Lipinski definition) is 1. The van der Waals surface area contributed by atoms with Crippen molar-refractivity contribution in [2.24, 2.45) is 0 Å². The second-order valence-corrected chi connectivity index (χ2v) is 3.68. The van der Waals surface area contributed by atoms with Crippen molar-refractivity contribution in [3.63, 3.8) is 0 Å². The fraction of sp³-hybridized carbons (Fsp3) is 0.133. The van der Waals surface area contributed by atoms with Crippen LogP contribution in [-0.4, -0.2) is 15.0 Å². The van der Waals surface area contributed by atoms with Gasteiger partial charge in [-0.1, -0.05) is 13.8 Å². The minimum absolute atomic E-state index is 0.280. The van der Waals surface area contributed by atoms with E-state index in [0.717, 1.165) is 10.9 Å². The van der Waals surface area contributed by atoms with Crippen LogP contribution >= 0.6 is 0 Å². The molecule has 0 unspecified atom stereocenters. The van der Waals surface area contributed by atoms with Crippen molar-refractivity contribution in [1.82, 2.24) is 15.0 Å². The van der Waals surface area contributed by atoms with Gasteiger partial charge < -0.3 is 9.72 Å². The highest BCUT2D eigenvalue weighted by molar-refractivity contribution is 5.80. The third-order valence-electron chi connectivity index (χ3n) is 2.50. The molecule has 0 aliphatic heterocycles. The van der Waals surface area contributed by atoms with Crippen molar-refractivity contribution in [2.75, 3.05) is 0 Å². The lowest BCUT2D eigenvalue weighted by Gasteiger charge is -2.04. The molecule has 0 radical (unpaired) electrons. The molecule has 0 bridgehead atoms. The van der Waals surface area contributed by atoms with Gasteiger partial charge >= 0.3 is 0 Å². The van der Waals surface area contributed by atoms with Crippen molar-refractivity contribution >= 4 is 10.9 Å². The third-order valence-corrected chi connectivity index (χ3v) is 2.50. The van der Waals surface area contributed by atoms with Gasteiger partial charge in [0.05, 0.1) is 0 Å². The number of aromatic amines is 1. The molecule has 3 aromatic rings. The summed E-state index contributed by atoms with van der Waals surface area (Å²) in [6, 6.07) is 11.1. The number of H-pyrrole nitrogens is 1. The number of aromatic nitrogens is 3. The van der Waals surface area contributed by atoms with Gasteiger partial charge in [0.2, 0.25) is 5.88 Å². The van der Waals surface area contributed by atoms with E-state index in [0.29, 0.717) is 11.6 Å². The van der Waals surface area contributed by atoms with Gasteiger partial charge in [0.1, 0.15) is 23.8 Å². The van der Waals surface area contributed by atoms with Gasteiger partial charge in [-0.15, -0.1) is 0 Å². The summed E-state index contributed by atoms with van der Waals surface area (Å²) in [5, 5.41) is 9.80. The average Bonchev–Trinajstić information content (AvgIpc) is 2.97. The van der Waals surface area contributed by atoms with Gasteiger partial charge in [0, 0.05) is 23.2 Å². The standard InChI is InChI=1S/C13H8N4O.C2H6/c14-7-10-6-13(17-8-16-10)18-11-1-2-12-9(5-11)3-4-15-12;1-2/h1-6,8,15H;1-2H3. The summed E-state index contributed by atoms with van der Waals surface area (Å²) >= 11 is 0. The van der Waals surface area contributed by atoms with E-state index in [1.165, 1.54) is 12.4 Å². The first-order valence-electron chi connectivity index (χ1n) is 6.32. The summed E-state index contributed by atoms with van der Waals surface area (Å²) in [5.74, 6) is 1.03. The Morgan fingerprint density at radius 2 is 2.00 bits per heavy atom. The average molecular weight is 266 g/mol. The second-order valence-electron chi connectivity index (χ2n) is 3.68. The molecule has 100 valence electrons. The number of nitriles is 1. The molecule has 5 heteroatoms. The fourth-order valence-corrected chi connectivity index (χ4v) is 1.67. The van der Waals surface area contributed by atoms with Gasteiger partial charge in [-0.25, -0.2) is 9.97 Å². The highest BCUT2D eigenvalue weighted by atomic mass is 16.5. The predicted molar refractivity (Wildman–Crippen MR) is 76.5 cm³/mol. The number of rotatable bonds is 2. The summed E-state index contributed by atoms with van der Waals surface area (Å²) in [6.45, 7) is 4.00. The molecule has 3 rings (SSSR count). The monoisotopic (exact) mass is 266 g/mol. The minimum atomic E-state index is 0.280. The summed E-state index contributed by atoms with van der Waals surface area (Å²) in [7, 11) is 0. The molecule has 2 aromatic heterocycles. The van der Waals surface area contributed by atoms with Gasteiger partial charge in [-0.05, 0) is 24.3 Å². The van der Waals surface area contributed by atoms with E-state index >= 15 is 0 Å². The quantitative estimate of drug-likeness (QED) is 0.768. The van der Waals surface area contributed by atoms with Crippen LogP contribution in [0.25, 0.3) is 10.9 Å². The Hall–Kier alpha value is -2.87. The molecule has 0 saturated carbocycles. The van der Waals surface area contributed by atoms with Crippen LogP contribution in [-0.2, 0) is 0 Å². The van der Waals surface area contributed by atoms with Crippen molar-refractivity contribution in [3.8, 4) is 17.7 Å². The Bertz CT molecular complexity index is 743. The zero-order valence-electron chi connectivity index (χ0n) is 11.3. The third kappa shape index (κ3) is 2.93. The molecule has 0 spiro atoms.